The Morgan fingerprint density at radius 3 is 1.69 bits per heavy atom. The van der Waals surface area contributed by atoms with Crippen LogP contribution in [0, 0.1) is 0 Å². The Bertz CT molecular complexity index is 2870. The van der Waals surface area contributed by atoms with Crippen molar-refractivity contribution in [2.45, 2.75) is 0 Å². The lowest BCUT2D eigenvalue weighted by molar-refractivity contribution is 1.18. The van der Waals surface area contributed by atoms with Gasteiger partial charge in [-0.15, -0.1) is 0 Å². The minimum atomic E-state index is 1.11. The second-order valence-electron chi connectivity index (χ2n) is 13.3. The third kappa shape index (κ3) is 4.96. The van der Waals surface area contributed by atoms with Gasteiger partial charge in [0.05, 0.1) is 16.7 Å². The van der Waals surface area contributed by atoms with E-state index in [0.29, 0.717) is 0 Å². The molecular formula is C50H34N2. The molecule has 1 heterocycles. The summed E-state index contributed by atoms with van der Waals surface area (Å²) in [4.78, 5) is 2.42. The number of para-hydroxylation sites is 2. The smallest absolute Gasteiger partial charge is 0.0547 e. The molecule has 0 fully saturated rings. The van der Waals surface area contributed by atoms with Crippen molar-refractivity contribution in [3.05, 3.63) is 206 Å². The van der Waals surface area contributed by atoms with E-state index in [4.69, 9.17) is 0 Å². The van der Waals surface area contributed by atoms with Crippen LogP contribution >= 0.6 is 0 Å². The summed E-state index contributed by atoms with van der Waals surface area (Å²) in [6, 6.07) is 74.6. The molecule has 0 saturated heterocycles. The Kier molecular flexibility index (Phi) is 7.18. The Morgan fingerprint density at radius 1 is 0.346 bits per heavy atom. The third-order valence-corrected chi connectivity index (χ3v) is 10.4. The highest BCUT2D eigenvalue weighted by Gasteiger charge is 2.20. The zero-order chi connectivity index (χ0) is 34.4. The molecule has 0 unspecified atom stereocenters. The van der Waals surface area contributed by atoms with Crippen molar-refractivity contribution in [2.75, 3.05) is 4.90 Å². The van der Waals surface area contributed by atoms with E-state index in [2.05, 4.69) is 216 Å². The van der Waals surface area contributed by atoms with Crippen LogP contribution in [0.3, 0.4) is 0 Å². The van der Waals surface area contributed by atoms with Crippen LogP contribution in [0.25, 0.3) is 71.3 Å². The van der Waals surface area contributed by atoms with Crippen molar-refractivity contribution in [3.63, 3.8) is 0 Å². The SMILES string of the molecule is c1ccc(-c2ccc(N(c3ccc4c(ccc5c4c4ccccc4n5-c4ccccc4)c3)c3ccc(-c4ccccc4)c4ccccc34)cc2)cc1. The summed E-state index contributed by atoms with van der Waals surface area (Å²) in [7, 11) is 0. The highest BCUT2D eigenvalue weighted by molar-refractivity contribution is 6.22. The zero-order valence-electron chi connectivity index (χ0n) is 28.5. The maximum atomic E-state index is 2.42. The number of fused-ring (bicyclic) bond motifs is 6. The molecule has 0 spiro atoms. The second-order valence-corrected chi connectivity index (χ2v) is 13.3. The summed E-state index contributed by atoms with van der Waals surface area (Å²) in [6.07, 6.45) is 0. The standard InChI is InChI=1S/C50H34N2/c1-4-14-35(15-5-1)36-24-27-40(28-25-36)51(48-33-31-42(37-16-6-2-7-17-37)44-20-10-11-21-45(44)48)41-29-30-43-38(34-41)26-32-49-50(43)46-22-12-13-23-47(46)52(49)39-18-8-3-9-19-39/h1-34H. The third-order valence-electron chi connectivity index (χ3n) is 10.4. The van der Waals surface area contributed by atoms with Crippen molar-refractivity contribution >= 4 is 60.4 Å². The van der Waals surface area contributed by atoms with Gasteiger partial charge in [0.2, 0.25) is 0 Å². The van der Waals surface area contributed by atoms with Crippen LogP contribution < -0.4 is 4.90 Å². The fourth-order valence-electron chi connectivity index (χ4n) is 7.99. The Balaban J connectivity index is 1.19. The minimum absolute atomic E-state index is 1.11. The minimum Gasteiger partial charge on any atom is -0.310 e. The van der Waals surface area contributed by atoms with Crippen molar-refractivity contribution in [2.24, 2.45) is 0 Å². The average molecular weight is 663 g/mol. The van der Waals surface area contributed by atoms with Crippen molar-refractivity contribution in [3.8, 4) is 27.9 Å². The summed E-state index contributed by atoms with van der Waals surface area (Å²) < 4.78 is 2.39. The first-order valence-corrected chi connectivity index (χ1v) is 17.9. The summed E-state index contributed by atoms with van der Waals surface area (Å²) >= 11 is 0. The number of hydrogen-bond acceptors (Lipinski definition) is 1. The molecule has 0 radical (unpaired) electrons. The molecule has 244 valence electrons. The van der Waals surface area contributed by atoms with Crippen LogP contribution in [-0.2, 0) is 0 Å². The average Bonchev–Trinajstić information content (AvgIpc) is 3.57. The molecule has 0 amide bonds. The first-order valence-electron chi connectivity index (χ1n) is 17.9. The maximum absolute atomic E-state index is 2.42. The van der Waals surface area contributed by atoms with E-state index in [1.165, 1.54) is 71.3 Å². The van der Waals surface area contributed by atoms with Gasteiger partial charge in [-0.2, -0.15) is 0 Å². The van der Waals surface area contributed by atoms with Gasteiger partial charge in [-0.3, -0.25) is 0 Å². The molecule has 10 aromatic rings. The quantitative estimate of drug-likeness (QED) is 0.172. The molecule has 0 aliphatic carbocycles. The van der Waals surface area contributed by atoms with Crippen molar-refractivity contribution in [1.82, 2.24) is 4.57 Å². The van der Waals surface area contributed by atoms with Gasteiger partial charge in [-0.05, 0) is 93.0 Å². The fraction of sp³-hybridized carbons (Fsp3) is 0. The lowest BCUT2D eigenvalue weighted by atomic mass is 9.96. The summed E-state index contributed by atoms with van der Waals surface area (Å²) in [6.45, 7) is 0. The maximum Gasteiger partial charge on any atom is 0.0547 e. The molecule has 0 saturated carbocycles. The fourth-order valence-corrected chi connectivity index (χ4v) is 7.99. The lowest BCUT2D eigenvalue weighted by Gasteiger charge is -2.28. The van der Waals surface area contributed by atoms with Gasteiger partial charge < -0.3 is 9.47 Å². The van der Waals surface area contributed by atoms with Gasteiger partial charge in [0, 0.05) is 33.2 Å². The van der Waals surface area contributed by atoms with Crippen molar-refractivity contribution in [1.29, 1.82) is 0 Å². The van der Waals surface area contributed by atoms with Gasteiger partial charge in [0.1, 0.15) is 0 Å². The second kappa shape index (κ2) is 12.5. The number of aromatic nitrogens is 1. The largest absolute Gasteiger partial charge is 0.310 e. The van der Waals surface area contributed by atoms with E-state index in [1.54, 1.807) is 0 Å². The van der Waals surface area contributed by atoms with Crippen LogP contribution in [-0.4, -0.2) is 4.57 Å². The predicted molar refractivity (Wildman–Crippen MR) is 221 cm³/mol. The molecule has 0 aliphatic rings. The van der Waals surface area contributed by atoms with E-state index in [1.807, 2.05) is 0 Å². The summed E-state index contributed by atoms with van der Waals surface area (Å²) in [5.74, 6) is 0. The van der Waals surface area contributed by atoms with Crippen LogP contribution in [0.15, 0.2) is 206 Å². The molecule has 10 rings (SSSR count). The van der Waals surface area contributed by atoms with E-state index >= 15 is 0 Å². The van der Waals surface area contributed by atoms with Crippen LogP contribution in [0.2, 0.25) is 0 Å². The molecule has 0 atom stereocenters. The summed E-state index contributed by atoms with van der Waals surface area (Å²) in [5, 5.41) is 7.43. The molecule has 1 aromatic heterocycles. The number of benzene rings is 9. The molecule has 0 bridgehead atoms. The van der Waals surface area contributed by atoms with Gasteiger partial charge in [-0.25, -0.2) is 0 Å². The number of anilines is 3. The van der Waals surface area contributed by atoms with Crippen LogP contribution in [0.1, 0.15) is 0 Å². The lowest BCUT2D eigenvalue weighted by Crippen LogP contribution is -2.10. The Hall–Kier alpha value is -6.90. The van der Waals surface area contributed by atoms with Gasteiger partial charge in [0.15, 0.2) is 0 Å². The number of rotatable bonds is 6. The van der Waals surface area contributed by atoms with E-state index in [0.717, 1.165) is 17.1 Å². The monoisotopic (exact) mass is 662 g/mol. The van der Waals surface area contributed by atoms with E-state index < -0.39 is 0 Å². The molecule has 2 nitrogen and oxygen atoms in total. The molecule has 0 N–H and O–H groups in total. The molecule has 9 aromatic carbocycles. The van der Waals surface area contributed by atoms with Crippen LogP contribution in [0.5, 0.6) is 0 Å². The first-order chi connectivity index (χ1) is 25.8. The van der Waals surface area contributed by atoms with E-state index in [-0.39, 0.29) is 0 Å². The zero-order valence-corrected chi connectivity index (χ0v) is 28.5. The Morgan fingerprint density at radius 2 is 0.942 bits per heavy atom. The highest BCUT2D eigenvalue weighted by atomic mass is 15.1. The normalized spacial score (nSPS) is 11.5. The number of hydrogen-bond donors (Lipinski definition) is 0. The molecule has 52 heavy (non-hydrogen) atoms. The number of nitrogens with zero attached hydrogens (tertiary/aromatic N) is 2. The van der Waals surface area contributed by atoms with Gasteiger partial charge in [-0.1, -0.05) is 152 Å². The van der Waals surface area contributed by atoms with Gasteiger partial charge in [0.25, 0.3) is 0 Å². The van der Waals surface area contributed by atoms with Gasteiger partial charge >= 0.3 is 0 Å². The topological polar surface area (TPSA) is 8.17 Å². The molecule has 2 heteroatoms. The van der Waals surface area contributed by atoms with Crippen molar-refractivity contribution < 1.29 is 0 Å². The summed E-state index contributed by atoms with van der Waals surface area (Å²) in [5.41, 5.74) is 11.8. The molecule has 0 aliphatic heterocycles. The highest BCUT2D eigenvalue weighted by Crippen LogP contribution is 2.44. The first kappa shape index (κ1) is 30.0. The Labute approximate surface area is 303 Å². The van der Waals surface area contributed by atoms with E-state index in [9.17, 15) is 0 Å². The molecular weight excluding hydrogens is 629 g/mol. The van der Waals surface area contributed by atoms with Crippen LogP contribution in [0.4, 0.5) is 17.1 Å². The predicted octanol–water partition coefficient (Wildman–Crippen LogP) is 13.9.